The zero-order valence-corrected chi connectivity index (χ0v) is 9.44. The first-order valence-electron chi connectivity index (χ1n) is 4.70. The third kappa shape index (κ3) is 2.51. The molecule has 2 rings (SSSR count). The van der Waals surface area contributed by atoms with Crippen molar-refractivity contribution in [1.82, 2.24) is 9.97 Å². The first-order valence-corrected chi connectivity index (χ1v) is 6.19. The van der Waals surface area contributed by atoms with Crippen molar-refractivity contribution in [3.05, 3.63) is 53.1 Å². The predicted octanol–water partition coefficient (Wildman–Crippen LogP) is 0.571. The average Bonchev–Trinajstić information content (AvgIpc) is 2.30. The standard InChI is InChI=1S/C10H9N3O3S/c14-8-4-6-11-7-9(8)17(15,16)13-10-3-1-2-5-12-10/h1-7H,(H,11,14)(H,12,13). The fourth-order valence-corrected chi connectivity index (χ4v) is 2.29. The van der Waals surface area contributed by atoms with Crippen molar-refractivity contribution in [2.24, 2.45) is 0 Å². The quantitative estimate of drug-likeness (QED) is 0.834. The first-order chi connectivity index (χ1) is 8.09. The Morgan fingerprint density at radius 3 is 2.71 bits per heavy atom. The van der Waals surface area contributed by atoms with Crippen molar-refractivity contribution in [2.75, 3.05) is 4.72 Å². The van der Waals surface area contributed by atoms with E-state index in [0.29, 0.717) is 0 Å². The van der Waals surface area contributed by atoms with Gasteiger partial charge in [-0.2, -0.15) is 0 Å². The normalized spacial score (nSPS) is 11.1. The van der Waals surface area contributed by atoms with E-state index in [9.17, 15) is 13.2 Å². The van der Waals surface area contributed by atoms with Crippen molar-refractivity contribution >= 4 is 15.8 Å². The molecule has 2 aromatic heterocycles. The van der Waals surface area contributed by atoms with Crippen LogP contribution >= 0.6 is 0 Å². The van der Waals surface area contributed by atoms with Gasteiger partial charge in [0.05, 0.1) is 0 Å². The molecule has 0 aliphatic heterocycles. The number of rotatable bonds is 3. The summed E-state index contributed by atoms with van der Waals surface area (Å²) in [5, 5.41) is 0. The summed E-state index contributed by atoms with van der Waals surface area (Å²) < 4.78 is 25.9. The summed E-state index contributed by atoms with van der Waals surface area (Å²) in [6.07, 6.45) is 3.95. The topological polar surface area (TPSA) is 91.9 Å². The molecule has 0 aliphatic rings. The second kappa shape index (κ2) is 4.38. The minimum Gasteiger partial charge on any atom is -0.366 e. The molecule has 0 spiro atoms. The zero-order chi connectivity index (χ0) is 12.3. The van der Waals surface area contributed by atoms with Crippen molar-refractivity contribution in [2.45, 2.75) is 4.90 Å². The summed E-state index contributed by atoms with van der Waals surface area (Å²) >= 11 is 0. The largest absolute Gasteiger partial charge is 0.366 e. The zero-order valence-electron chi connectivity index (χ0n) is 8.62. The summed E-state index contributed by atoms with van der Waals surface area (Å²) in [7, 11) is -3.90. The first kappa shape index (κ1) is 11.3. The molecule has 6 nitrogen and oxygen atoms in total. The molecule has 0 aromatic carbocycles. The Kier molecular flexibility index (Phi) is 2.92. The van der Waals surface area contributed by atoms with E-state index < -0.39 is 15.5 Å². The van der Waals surface area contributed by atoms with E-state index in [1.165, 1.54) is 18.5 Å². The predicted molar refractivity (Wildman–Crippen MR) is 62.1 cm³/mol. The Hall–Kier alpha value is -2.15. The van der Waals surface area contributed by atoms with E-state index >= 15 is 0 Å². The Bertz CT molecular complexity index is 664. The van der Waals surface area contributed by atoms with Gasteiger partial charge in [0.2, 0.25) is 5.43 Å². The minimum absolute atomic E-state index is 0.163. The maximum absolute atomic E-state index is 11.9. The fraction of sp³-hybridized carbons (Fsp3) is 0. The number of pyridine rings is 2. The van der Waals surface area contributed by atoms with Crippen LogP contribution in [0.25, 0.3) is 0 Å². The maximum atomic E-state index is 11.9. The molecule has 0 bridgehead atoms. The maximum Gasteiger partial charge on any atom is 0.268 e. The molecule has 0 fully saturated rings. The summed E-state index contributed by atoms with van der Waals surface area (Å²) in [4.78, 5) is 17.4. The van der Waals surface area contributed by atoms with Gasteiger partial charge in [0.15, 0.2) is 4.90 Å². The Morgan fingerprint density at radius 2 is 2.06 bits per heavy atom. The summed E-state index contributed by atoms with van der Waals surface area (Å²) in [6, 6.07) is 5.94. The van der Waals surface area contributed by atoms with Gasteiger partial charge in [-0.3, -0.25) is 9.52 Å². The second-order valence-electron chi connectivity index (χ2n) is 3.19. The van der Waals surface area contributed by atoms with Crippen molar-refractivity contribution < 1.29 is 8.42 Å². The van der Waals surface area contributed by atoms with Gasteiger partial charge < -0.3 is 4.98 Å². The average molecular weight is 251 g/mol. The highest BCUT2D eigenvalue weighted by molar-refractivity contribution is 7.92. The fourth-order valence-electron chi connectivity index (χ4n) is 1.23. The lowest BCUT2D eigenvalue weighted by atomic mass is 10.5. The number of H-pyrrole nitrogens is 1. The van der Waals surface area contributed by atoms with Gasteiger partial charge in [0.1, 0.15) is 5.82 Å². The number of nitrogens with zero attached hydrogens (tertiary/aromatic N) is 1. The van der Waals surface area contributed by atoms with Crippen LogP contribution in [-0.4, -0.2) is 18.4 Å². The van der Waals surface area contributed by atoms with Crippen molar-refractivity contribution in [3.63, 3.8) is 0 Å². The minimum atomic E-state index is -3.90. The number of nitrogens with one attached hydrogen (secondary N) is 2. The second-order valence-corrected chi connectivity index (χ2v) is 4.84. The van der Waals surface area contributed by atoms with Crippen molar-refractivity contribution in [1.29, 1.82) is 0 Å². The number of hydrogen-bond donors (Lipinski definition) is 2. The molecule has 0 unspecified atom stereocenters. The van der Waals surface area contributed by atoms with Gasteiger partial charge >= 0.3 is 0 Å². The number of anilines is 1. The van der Waals surface area contributed by atoms with Crippen LogP contribution in [0.4, 0.5) is 5.82 Å². The highest BCUT2D eigenvalue weighted by atomic mass is 32.2. The van der Waals surface area contributed by atoms with Gasteiger partial charge in [0.25, 0.3) is 10.0 Å². The van der Waals surface area contributed by atoms with Gasteiger partial charge in [-0.05, 0) is 12.1 Å². The third-order valence-corrected chi connectivity index (χ3v) is 3.36. The van der Waals surface area contributed by atoms with Crippen LogP contribution in [0.5, 0.6) is 0 Å². The van der Waals surface area contributed by atoms with E-state index in [2.05, 4.69) is 14.7 Å². The molecule has 2 N–H and O–H groups in total. The molecule has 88 valence electrons. The van der Waals surface area contributed by atoms with Crippen LogP contribution < -0.4 is 10.2 Å². The molecule has 2 heterocycles. The van der Waals surface area contributed by atoms with E-state index in [4.69, 9.17) is 0 Å². The summed E-state index contributed by atoms with van der Waals surface area (Å²) in [6.45, 7) is 0. The van der Waals surface area contributed by atoms with Crippen LogP contribution in [0.2, 0.25) is 0 Å². The highest BCUT2D eigenvalue weighted by Gasteiger charge is 2.17. The smallest absolute Gasteiger partial charge is 0.268 e. The van der Waals surface area contributed by atoms with Gasteiger partial charge in [-0.25, -0.2) is 13.4 Å². The van der Waals surface area contributed by atoms with E-state index in [0.717, 1.165) is 12.3 Å². The lowest BCUT2D eigenvalue weighted by Crippen LogP contribution is -2.21. The molecule has 17 heavy (non-hydrogen) atoms. The monoisotopic (exact) mass is 251 g/mol. The SMILES string of the molecule is O=c1cc[nH]cc1S(=O)(=O)Nc1ccccn1. The molecular formula is C10H9N3O3S. The molecule has 2 aromatic rings. The lowest BCUT2D eigenvalue weighted by Gasteiger charge is -2.05. The van der Waals surface area contributed by atoms with Crippen LogP contribution in [-0.2, 0) is 10.0 Å². The van der Waals surface area contributed by atoms with E-state index in [1.54, 1.807) is 12.1 Å². The molecule has 0 atom stereocenters. The molecule has 0 saturated heterocycles. The Morgan fingerprint density at radius 1 is 1.24 bits per heavy atom. The molecule has 0 amide bonds. The van der Waals surface area contributed by atoms with Gasteiger partial charge in [-0.15, -0.1) is 0 Å². The molecule has 7 heteroatoms. The van der Waals surface area contributed by atoms with Gasteiger partial charge in [0, 0.05) is 24.7 Å². The van der Waals surface area contributed by atoms with Crippen molar-refractivity contribution in [3.8, 4) is 0 Å². The molecule has 0 saturated carbocycles. The van der Waals surface area contributed by atoms with Crippen LogP contribution in [0, 0.1) is 0 Å². The summed E-state index contributed by atoms with van der Waals surface area (Å²) in [5.74, 6) is 0.163. The van der Waals surface area contributed by atoms with E-state index in [1.807, 2.05) is 0 Å². The van der Waals surface area contributed by atoms with E-state index in [-0.39, 0.29) is 10.7 Å². The number of aromatic amines is 1. The lowest BCUT2D eigenvalue weighted by molar-refractivity contribution is 0.600. The molecular weight excluding hydrogens is 242 g/mol. The molecule has 0 radical (unpaired) electrons. The van der Waals surface area contributed by atoms with Crippen LogP contribution in [0.1, 0.15) is 0 Å². The Labute approximate surface area is 97.4 Å². The number of aromatic nitrogens is 2. The summed E-state index contributed by atoms with van der Waals surface area (Å²) in [5.41, 5.74) is -0.577. The third-order valence-electron chi connectivity index (χ3n) is 1.98. The number of sulfonamides is 1. The van der Waals surface area contributed by atoms with Gasteiger partial charge in [-0.1, -0.05) is 6.07 Å². The highest BCUT2D eigenvalue weighted by Crippen LogP contribution is 2.08. The molecule has 0 aliphatic carbocycles. The Balaban J connectivity index is 2.39. The van der Waals surface area contributed by atoms with Crippen LogP contribution in [0.15, 0.2) is 52.5 Å². The number of hydrogen-bond acceptors (Lipinski definition) is 4. The van der Waals surface area contributed by atoms with Crippen LogP contribution in [0.3, 0.4) is 0 Å².